The molecule has 0 amide bonds. The molecule has 1 saturated carbocycles. The Morgan fingerprint density at radius 2 is 2.12 bits per heavy atom. The SMILES string of the molecule is CC1CCC(CCNc2ncccc2Cl)CC1. The summed E-state index contributed by atoms with van der Waals surface area (Å²) in [7, 11) is 0. The van der Waals surface area contributed by atoms with Crippen molar-refractivity contribution in [1.29, 1.82) is 0 Å². The fraction of sp³-hybridized carbons (Fsp3) is 0.643. The Morgan fingerprint density at radius 3 is 2.82 bits per heavy atom. The van der Waals surface area contributed by atoms with E-state index in [1.54, 1.807) is 6.20 Å². The van der Waals surface area contributed by atoms with Crippen LogP contribution in [0, 0.1) is 11.8 Å². The van der Waals surface area contributed by atoms with Gasteiger partial charge >= 0.3 is 0 Å². The molecular formula is C14H21ClN2. The molecule has 0 radical (unpaired) electrons. The molecule has 0 aliphatic heterocycles. The largest absolute Gasteiger partial charge is 0.369 e. The maximum Gasteiger partial charge on any atom is 0.144 e. The first-order valence-electron chi connectivity index (χ1n) is 6.60. The van der Waals surface area contributed by atoms with Crippen LogP contribution in [0.4, 0.5) is 5.82 Å². The molecule has 2 nitrogen and oxygen atoms in total. The highest BCUT2D eigenvalue weighted by Gasteiger charge is 2.17. The van der Waals surface area contributed by atoms with Gasteiger partial charge in [0.15, 0.2) is 0 Å². The first kappa shape index (κ1) is 12.7. The molecule has 0 aromatic carbocycles. The molecule has 17 heavy (non-hydrogen) atoms. The summed E-state index contributed by atoms with van der Waals surface area (Å²) in [5.74, 6) is 2.64. The van der Waals surface area contributed by atoms with Crippen molar-refractivity contribution in [2.24, 2.45) is 11.8 Å². The predicted molar refractivity (Wildman–Crippen MR) is 73.5 cm³/mol. The lowest BCUT2D eigenvalue weighted by Gasteiger charge is -2.26. The van der Waals surface area contributed by atoms with E-state index >= 15 is 0 Å². The fourth-order valence-electron chi connectivity index (χ4n) is 2.53. The van der Waals surface area contributed by atoms with Crippen molar-refractivity contribution in [2.45, 2.75) is 39.0 Å². The standard InChI is InChI=1S/C14H21ClN2/c1-11-4-6-12(7-5-11)8-10-17-14-13(15)3-2-9-16-14/h2-3,9,11-12H,4-8,10H2,1H3,(H,16,17). The van der Waals surface area contributed by atoms with E-state index in [4.69, 9.17) is 11.6 Å². The summed E-state index contributed by atoms with van der Waals surface area (Å²) in [6, 6.07) is 3.73. The quantitative estimate of drug-likeness (QED) is 0.861. The van der Waals surface area contributed by atoms with Gasteiger partial charge in [0.1, 0.15) is 5.82 Å². The van der Waals surface area contributed by atoms with Crippen LogP contribution >= 0.6 is 11.6 Å². The van der Waals surface area contributed by atoms with Crippen molar-refractivity contribution in [3.8, 4) is 0 Å². The van der Waals surface area contributed by atoms with E-state index < -0.39 is 0 Å². The second-order valence-corrected chi connectivity index (χ2v) is 5.58. The second-order valence-electron chi connectivity index (χ2n) is 5.18. The molecule has 1 fully saturated rings. The monoisotopic (exact) mass is 252 g/mol. The van der Waals surface area contributed by atoms with E-state index in [0.29, 0.717) is 5.02 Å². The summed E-state index contributed by atoms with van der Waals surface area (Å²) in [4.78, 5) is 4.23. The number of aromatic nitrogens is 1. The van der Waals surface area contributed by atoms with Gasteiger partial charge in [-0.1, -0.05) is 44.2 Å². The van der Waals surface area contributed by atoms with E-state index in [1.165, 1.54) is 32.1 Å². The molecule has 1 aliphatic rings. The van der Waals surface area contributed by atoms with Crippen molar-refractivity contribution in [3.05, 3.63) is 23.4 Å². The van der Waals surface area contributed by atoms with Crippen LogP contribution in [-0.2, 0) is 0 Å². The van der Waals surface area contributed by atoms with Crippen LogP contribution in [0.15, 0.2) is 18.3 Å². The Morgan fingerprint density at radius 1 is 1.35 bits per heavy atom. The number of anilines is 1. The second kappa shape index (κ2) is 6.25. The number of nitrogens with zero attached hydrogens (tertiary/aromatic N) is 1. The number of hydrogen-bond acceptors (Lipinski definition) is 2. The molecule has 3 heteroatoms. The highest BCUT2D eigenvalue weighted by Crippen LogP contribution is 2.30. The topological polar surface area (TPSA) is 24.9 Å². The fourth-order valence-corrected chi connectivity index (χ4v) is 2.72. The third kappa shape index (κ3) is 3.88. The Hall–Kier alpha value is -0.760. The minimum Gasteiger partial charge on any atom is -0.369 e. The van der Waals surface area contributed by atoms with E-state index in [0.717, 1.165) is 24.2 Å². The smallest absolute Gasteiger partial charge is 0.144 e. The average Bonchev–Trinajstić information content (AvgIpc) is 2.34. The van der Waals surface area contributed by atoms with Gasteiger partial charge in [0.25, 0.3) is 0 Å². The van der Waals surface area contributed by atoms with Crippen LogP contribution in [0.3, 0.4) is 0 Å². The molecular weight excluding hydrogens is 232 g/mol. The zero-order valence-corrected chi connectivity index (χ0v) is 11.2. The first-order chi connectivity index (χ1) is 8.25. The molecule has 0 bridgehead atoms. The molecule has 1 aromatic rings. The zero-order valence-electron chi connectivity index (χ0n) is 10.5. The van der Waals surface area contributed by atoms with Gasteiger partial charge in [-0.3, -0.25) is 0 Å². The van der Waals surface area contributed by atoms with Crippen LogP contribution < -0.4 is 5.32 Å². The lowest BCUT2D eigenvalue weighted by molar-refractivity contribution is 0.282. The minimum absolute atomic E-state index is 0.713. The Bertz CT molecular complexity index is 346. The highest BCUT2D eigenvalue weighted by atomic mass is 35.5. The van der Waals surface area contributed by atoms with Gasteiger partial charge in [0.2, 0.25) is 0 Å². The summed E-state index contributed by atoms with van der Waals surface area (Å²) in [5.41, 5.74) is 0. The Labute approximate surface area is 109 Å². The summed E-state index contributed by atoms with van der Waals surface area (Å²) in [5, 5.41) is 4.04. The van der Waals surface area contributed by atoms with Crippen LogP contribution in [0.2, 0.25) is 5.02 Å². The number of nitrogens with one attached hydrogen (secondary N) is 1. The molecule has 94 valence electrons. The molecule has 1 aromatic heterocycles. The molecule has 1 aliphatic carbocycles. The summed E-state index contributed by atoms with van der Waals surface area (Å²) in [6.07, 6.45) is 8.58. The third-order valence-electron chi connectivity index (χ3n) is 3.74. The molecule has 2 rings (SSSR count). The van der Waals surface area contributed by atoms with E-state index in [-0.39, 0.29) is 0 Å². The van der Waals surface area contributed by atoms with Crippen molar-refractivity contribution in [1.82, 2.24) is 4.98 Å². The summed E-state index contributed by atoms with van der Waals surface area (Å²) in [6.45, 7) is 3.35. The summed E-state index contributed by atoms with van der Waals surface area (Å²) < 4.78 is 0. The zero-order chi connectivity index (χ0) is 12.1. The van der Waals surface area contributed by atoms with E-state index in [1.807, 2.05) is 12.1 Å². The maximum absolute atomic E-state index is 6.04. The van der Waals surface area contributed by atoms with Crippen molar-refractivity contribution >= 4 is 17.4 Å². The molecule has 0 unspecified atom stereocenters. The molecule has 1 heterocycles. The lowest BCUT2D eigenvalue weighted by atomic mass is 9.81. The van der Waals surface area contributed by atoms with Gasteiger partial charge in [0, 0.05) is 12.7 Å². The van der Waals surface area contributed by atoms with Gasteiger partial charge < -0.3 is 5.32 Å². The van der Waals surface area contributed by atoms with Crippen LogP contribution in [0.25, 0.3) is 0 Å². The van der Waals surface area contributed by atoms with Crippen LogP contribution in [-0.4, -0.2) is 11.5 Å². The van der Waals surface area contributed by atoms with Gasteiger partial charge in [0.05, 0.1) is 5.02 Å². The summed E-state index contributed by atoms with van der Waals surface area (Å²) >= 11 is 6.04. The van der Waals surface area contributed by atoms with Gasteiger partial charge in [-0.25, -0.2) is 4.98 Å². The van der Waals surface area contributed by atoms with Crippen molar-refractivity contribution in [3.63, 3.8) is 0 Å². The van der Waals surface area contributed by atoms with Crippen LogP contribution in [0.1, 0.15) is 39.0 Å². The maximum atomic E-state index is 6.04. The molecule has 0 spiro atoms. The number of halogens is 1. The van der Waals surface area contributed by atoms with Gasteiger partial charge in [-0.05, 0) is 30.4 Å². The molecule has 1 N–H and O–H groups in total. The van der Waals surface area contributed by atoms with Crippen molar-refractivity contribution in [2.75, 3.05) is 11.9 Å². The molecule has 0 atom stereocenters. The first-order valence-corrected chi connectivity index (χ1v) is 6.98. The van der Waals surface area contributed by atoms with E-state index in [2.05, 4.69) is 17.2 Å². The number of rotatable bonds is 4. The average molecular weight is 253 g/mol. The minimum atomic E-state index is 0.713. The van der Waals surface area contributed by atoms with Gasteiger partial charge in [-0.2, -0.15) is 0 Å². The predicted octanol–water partition coefficient (Wildman–Crippen LogP) is 4.36. The Kier molecular flexibility index (Phi) is 4.66. The van der Waals surface area contributed by atoms with E-state index in [9.17, 15) is 0 Å². The van der Waals surface area contributed by atoms with Crippen LogP contribution in [0.5, 0.6) is 0 Å². The number of pyridine rings is 1. The van der Waals surface area contributed by atoms with Crippen molar-refractivity contribution < 1.29 is 0 Å². The highest BCUT2D eigenvalue weighted by molar-refractivity contribution is 6.32. The molecule has 0 saturated heterocycles. The normalized spacial score (nSPS) is 24.6. The third-order valence-corrected chi connectivity index (χ3v) is 4.04. The lowest BCUT2D eigenvalue weighted by Crippen LogP contribution is -2.16. The Balaban J connectivity index is 1.71. The number of hydrogen-bond donors (Lipinski definition) is 1. The van der Waals surface area contributed by atoms with Gasteiger partial charge in [-0.15, -0.1) is 0 Å².